The van der Waals surface area contributed by atoms with Crippen molar-refractivity contribution in [2.75, 3.05) is 19.0 Å². The minimum absolute atomic E-state index is 0.219. The summed E-state index contributed by atoms with van der Waals surface area (Å²) in [7, 11) is 1.59. The zero-order valence-corrected chi connectivity index (χ0v) is 17.8. The van der Waals surface area contributed by atoms with E-state index in [0.29, 0.717) is 17.4 Å². The Bertz CT molecular complexity index is 1280. The second-order valence-electron chi connectivity index (χ2n) is 6.57. The van der Waals surface area contributed by atoms with Crippen molar-refractivity contribution in [1.29, 1.82) is 0 Å². The van der Waals surface area contributed by atoms with Gasteiger partial charge in [0.05, 0.1) is 29.6 Å². The topological polar surface area (TPSA) is 95.3 Å². The van der Waals surface area contributed by atoms with Crippen LogP contribution in [-0.4, -0.2) is 34.4 Å². The zero-order chi connectivity index (χ0) is 21.8. The van der Waals surface area contributed by atoms with Crippen molar-refractivity contribution in [1.82, 2.24) is 14.8 Å². The van der Waals surface area contributed by atoms with Crippen molar-refractivity contribution < 1.29 is 14.3 Å². The predicted octanol–water partition coefficient (Wildman–Crippen LogP) is 3.57. The lowest BCUT2D eigenvalue weighted by Gasteiger charge is -2.07. The van der Waals surface area contributed by atoms with Crippen LogP contribution in [0.1, 0.15) is 6.92 Å². The lowest BCUT2D eigenvalue weighted by Crippen LogP contribution is -2.29. The smallest absolute Gasteiger partial charge is 0.267 e. The molecule has 0 saturated heterocycles. The van der Waals surface area contributed by atoms with Gasteiger partial charge in [-0.05, 0) is 55.5 Å². The molecule has 1 N–H and O–H groups in total. The van der Waals surface area contributed by atoms with E-state index in [0.717, 1.165) is 32.0 Å². The van der Waals surface area contributed by atoms with Crippen LogP contribution in [0.15, 0.2) is 59.4 Å². The molecule has 9 heteroatoms. The predicted molar refractivity (Wildman–Crippen MR) is 120 cm³/mol. The van der Waals surface area contributed by atoms with Crippen LogP contribution in [0.2, 0.25) is 0 Å². The number of nitrogens with zero attached hydrogens (tertiary/aromatic N) is 3. The number of thiazole rings is 1. The number of fused-ring (bicyclic) bond motifs is 1. The molecule has 31 heavy (non-hydrogen) atoms. The molecule has 0 bridgehead atoms. The number of carbonyl (C=O) groups is 1. The van der Waals surface area contributed by atoms with Crippen LogP contribution >= 0.6 is 11.3 Å². The van der Waals surface area contributed by atoms with Gasteiger partial charge in [0.25, 0.3) is 5.56 Å². The van der Waals surface area contributed by atoms with Gasteiger partial charge in [-0.25, -0.2) is 9.67 Å². The molecule has 158 valence electrons. The van der Waals surface area contributed by atoms with Gasteiger partial charge in [0.2, 0.25) is 5.91 Å². The highest BCUT2D eigenvalue weighted by molar-refractivity contribution is 7.22. The number of carbonyl (C=O) groups excluding carboxylic acids is 1. The maximum Gasteiger partial charge on any atom is 0.267 e. The Labute approximate surface area is 182 Å². The molecule has 0 saturated carbocycles. The van der Waals surface area contributed by atoms with Crippen molar-refractivity contribution in [3.8, 4) is 22.8 Å². The van der Waals surface area contributed by atoms with E-state index in [-0.39, 0.29) is 18.0 Å². The summed E-state index contributed by atoms with van der Waals surface area (Å²) >= 11 is 1.34. The van der Waals surface area contributed by atoms with Crippen molar-refractivity contribution in [2.24, 2.45) is 0 Å². The molecule has 8 nitrogen and oxygen atoms in total. The highest BCUT2D eigenvalue weighted by Gasteiger charge is 2.12. The van der Waals surface area contributed by atoms with Crippen molar-refractivity contribution in [2.45, 2.75) is 13.5 Å². The summed E-state index contributed by atoms with van der Waals surface area (Å²) < 4.78 is 12.7. The molecule has 0 unspecified atom stereocenters. The SMILES string of the molecule is CCOc1ccc2nc(NC(=O)Cn3nc(-c4ccc(OC)cc4)ccc3=O)sc2c1. The third-order valence-electron chi connectivity index (χ3n) is 4.46. The molecule has 0 aliphatic heterocycles. The number of nitrogens with one attached hydrogen (secondary N) is 1. The number of hydrogen-bond donors (Lipinski definition) is 1. The molecule has 2 aromatic heterocycles. The Hall–Kier alpha value is -3.72. The molecule has 0 fully saturated rings. The quantitative estimate of drug-likeness (QED) is 0.476. The molecule has 1 amide bonds. The summed E-state index contributed by atoms with van der Waals surface area (Å²) in [6.45, 7) is 2.27. The first-order chi connectivity index (χ1) is 15.1. The lowest BCUT2D eigenvalue weighted by molar-refractivity contribution is -0.117. The second-order valence-corrected chi connectivity index (χ2v) is 7.60. The standard InChI is InChI=1S/C22H20N4O4S/c1-3-30-16-8-9-18-19(12-16)31-22(23-18)24-20(27)13-26-21(28)11-10-17(25-26)14-4-6-15(29-2)7-5-14/h4-12H,3,13H2,1-2H3,(H,23,24,27). The van der Waals surface area contributed by atoms with E-state index in [4.69, 9.17) is 9.47 Å². The number of methoxy groups -OCH3 is 1. The third kappa shape index (κ3) is 4.72. The average Bonchev–Trinajstić information content (AvgIpc) is 3.17. The Morgan fingerprint density at radius 2 is 1.87 bits per heavy atom. The van der Waals surface area contributed by atoms with Gasteiger partial charge in [-0.2, -0.15) is 5.10 Å². The van der Waals surface area contributed by atoms with Gasteiger partial charge in [0.1, 0.15) is 18.0 Å². The number of hydrogen-bond acceptors (Lipinski definition) is 7. The number of amides is 1. The van der Waals surface area contributed by atoms with Gasteiger partial charge in [-0.15, -0.1) is 0 Å². The molecular formula is C22H20N4O4S. The summed E-state index contributed by atoms with van der Waals surface area (Å²) in [5, 5.41) is 7.52. The molecule has 2 heterocycles. The number of ether oxygens (including phenoxy) is 2. The third-order valence-corrected chi connectivity index (χ3v) is 5.40. The monoisotopic (exact) mass is 436 g/mol. The van der Waals surface area contributed by atoms with E-state index in [1.54, 1.807) is 13.2 Å². The fourth-order valence-corrected chi connectivity index (χ4v) is 3.90. The first kappa shape index (κ1) is 20.5. The van der Waals surface area contributed by atoms with E-state index in [2.05, 4.69) is 15.4 Å². The first-order valence-electron chi connectivity index (χ1n) is 9.61. The molecular weight excluding hydrogens is 416 g/mol. The Kier molecular flexibility index (Phi) is 5.94. The summed E-state index contributed by atoms with van der Waals surface area (Å²) in [5.74, 6) is 1.09. The molecule has 2 aromatic carbocycles. The van der Waals surface area contributed by atoms with E-state index in [1.807, 2.05) is 49.4 Å². The maximum atomic E-state index is 12.5. The highest BCUT2D eigenvalue weighted by Crippen LogP contribution is 2.29. The minimum atomic E-state index is -0.384. The lowest BCUT2D eigenvalue weighted by atomic mass is 10.1. The van der Waals surface area contributed by atoms with Gasteiger partial charge in [-0.3, -0.25) is 9.59 Å². The fourth-order valence-electron chi connectivity index (χ4n) is 2.99. The van der Waals surface area contributed by atoms with Crippen LogP contribution in [0.5, 0.6) is 11.5 Å². The highest BCUT2D eigenvalue weighted by atomic mass is 32.1. The Morgan fingerprint density at radius 1 is 1.10 bits per heavy atom. The van der Waals surface area contributed by atoms with Crippen LogP contribution in [0.4, 0.5) is 5.13 Å². The van der Waals surface area contributed by atoms with Crippen LogP contribution in [0.25, 0.3) is 21.5 Å². The molecule has 0 spiro atoms. The van der Waals surface area contributed by atoms with Crippen molar-refractivity contribution in [3.05, 3.63) is 65.0 Å². The first-order valence-corrected chi connectivity index (χ1v) is 10.4. The number of rotatable bonds is 7. The molecule has 0 aliphatic rings. The molecule has 0 atom stereocenters. The van der Waals surface area contributed by atoms with E-state index in [1.165, 1.54) is 17.4 Å². The van der Waals surface area contributed by atoms with Gasteiger partial charge < -0.3 is 14.8 Å². The van der Waals surface area contributed by atoms with E-state index >= 15 is 0 Å². The van der Waals surface area contributed by atoms with Crippen LogP contribution < -0.4 is 20.3 Å². The van der Waals surface area contributed by atoms with E-state index < -0.39 is 0 Å². The van der Waals surface area contributed by atoms with Gasteiger partial charge in [0.15, 0.2) is 5.13 Å². The van der Waals surface area contributed by atoms with Gasteiger partial charge in [-0.1, -0.05) is 11.3 Å². The second kappa shape index (κ2) is 8.97. The summed E-state index contributed by atoms with van der Waals surface area (Å²) in [5.41, 5.74) is 1.79. The van der Waals surface area contributed by atoms with Crippen LogP contribution in [0, 0.1) is 0 Å². The molecule has 0 aliphatic carbocycles. The number of anilines is 1. The number of aromatic nitrogens is 3. The van der Waals surface area contributed by atoms with Gasteiger partial charge >= 0.3 is 0 Å². The van der Waals surface area contributed by atoms with Crippen LogP contribution in [0.3, 0.4) is 0 Å². The zero-order valence-electron chi connectivity index (χ0n) is 17.0. The Balaban J connectivity index is 1.50. The molecule has 0 radical (unpaired) electrons. The van der Waals surface area contributed by atoms with E-state index in [9.17, 15) is 9.59 Å². The molecule has 4 aromatic rings. The maximum absolute atomic E-state index is 12.5. The molecule has 4 rings (SSSR count). The average molecular weight is 436 g/mol. The minimum Gasteiger partial charge on any atom is -0.497 e. The van der Waals surface area contributed by atoms with Crippen molar-refractivity contribution >= 4 is 32.6 Å². The fraction of sp³-hybridized carbons (Fsp3) is 0.182. The van der Waals surface area contributed by atoms with Crippen LogP contribution in [-0.2, 0) is 11.3 Å². The summed E-state index contributed by atoms with van der Waals surface area (Å²) in [6, 6.07) is 15.9. The van der Waals surface area contributed by atoms with Gasteiger partial charge in [0, 0.05) is 11.6 Å². The number of benzene rings is 2. The van der Waals surface area contributed by atoms with Crippen molar-refractivity contribution in [3.63, 3.8) is 0 Å². The summed E-state index contributed by atoms with van der Waals surface area (Å²) in [4.78, 5) is 29.1. The largest absolute Gasteiger partial charge is 0.497 e. The normalized spacial score (nSPS) is 10.8. The summed E-state index contributed by atoms with van der Waals surface area (Å²) in [6.07, 6.45) is 0. The Morgan fingerprint density at radius 3 is 2.61 bits per heavy atom.